The van der Waals surface area contributed by atoms with Crippen molar-refractivity contribution >= 4 is 5.97 Å². The van der Waals surface area contributed by atoms with Crippen molar-refractivity contribution in [3.63, 3.8) is 0 Å². The van der Waals surface area contributed by atoms with Crippen molar-refractivity contribution in [1.82, 2.24) is 0 Å². The maximum atomic E-state index is 11.6. The molecule has 0 aliphatic carbocycles. The van der Waals surface area contributed by atoms with Crippen LogP contribution in [0.1, 0.15) is 43.7 Å². The van der Waals surface area contributed by atoms with E-state index in [1.807, 2.05) is 19.1 Å². The summed E-state index contributed by atoms with van der Waals surface area (Å²) in [5.74, 6) is -0.266. The minimum absolute atomic E-state index is 0.123. The zero-order chi connectivity index (χ0) is 12.0. The first-order valence-corrected chi connectivity index (χ1v) is 5.89. The number of carbonyl (C=O) groups excluding carboxylic acids is 1. The van der Waals surface area contributed by atoms with Gasteiger partial charge in [-0.3, -0.25) is 4.79 Å². The van der Waals surface area contributed by atoms with Crippen LogP contribution in [0.3, 0.4) is 0 Å². The van der Waals surface area contributed by atoms with Gasteiger partial charge in [0.1, 0.15) is 0 Å². The second kappa shape index (κ2) is 6.31. The lowest BCUT2D eigenvalue weighted by Crippen LogP contribution is -2.13. The van der Waals surface area contributed by atoms with E-state index in [9.17, 15) is 4.79 Å². The number of hydrogen-bond acceptors (Lipinski definition) is 2. The van der Waals surface area contributed by atoms with Gasteiger partial charge in [-0.05, 0) is 24.0 Å². The normalized spacial score (nSPS) is 12.2. The van der Waals surface area contributed by atoms with Crippen LogP contribution in [0.25, 0.3) is 0 Å². The van der Waals surface area contributed by atoms with Crippen molar-refractivity contribution in [3.8, 4) is 0 Å². The van der Waals surface area contributed by atoms with E-state index in [1.165, 1.54) is 12.7 Å². The van der Waals surface area contributed by atoms with E-state index in [0.29, 0.717) is 0 Å². The standard InChI is InChI=1S/C14H20O2/c1-4-7-11-8-6-9-12(10-11)13(5-2)14(15)16-3/h6,8-10,13H,4-5,7H2,1-3H3. The first kappa shape index (κ1) is 12.8. The summed E-state index contributed by atoms with van der Waals surface area (Å²) >= 11 is 0. The molecule has 0 bridgehead atoms. The highest BCUT2D eigenvalue weighted by Gasteiger charge is 2.19. The Morgan fingerprint density at radius 2 is 2.12 bits per heavy atom. The Morgan fingerprint density at radius 3 is 2.69 bits per heavy atom. The van der Waals surface area contributed by atoms with E-state index in [-0.39, 0.29) is 11.9 Å². The molecule has 1 aromatic rings. The minimum atomic E-state index is -0.142. The third-order valence-corrected chi connectivity index (χ3v) is 2.79. The van der Waals surface area contributed by atoms with Gasteiger partial charge in [-0.25, -0.2) is 0 Å². The Balaban J connectivity index is 2.92. The molecule has 0 N–H and O–H groups in total. The van der Waals surface area contributed by atoms with Gasteiger partial charge in [0, 0.05) is 0 Å². The fourth-order valence-corrected chi connectivity index (χ4v) is 1.93. The fourth-order valence-electron chi connectivity index (χ4n) is 1.93. The minimum Gasteiger partial charge on any atom is -0.469 e. The Hall–Kier alpha value is -1.31. The van der Waals surface area contributed by atoms with E-state index < -0.39 is 0 Å². The van der Waals surface area contributed by atoms with Crippen molar-refractivity contribution in [2.24, 2.45) is 0 Å². The van der Waals surface area contributed by atoms with Gasteiger partial charge >= 0.3 is 5.97 Å². The molecule has 1 unspecified atom stereocenters. The van der Waals surface area contributed by atoms with E-state index in [4.69, 9.17) is 4.74 Å². The second-order valence-corrected chi connectivity index (χ2v) is 3.98. The first-order valence-electron chi connectivity index (χ1n) is 5.89. The summed E-state index contributed by atoms with van der Waals surface area (Å²) in [6.07, 6.45) is 2.96. The fraction of sp³-hybridized carbons (Fsp3) is 0.500. The number of methoxy groups -OCH3 is 1. The lowest BCUT2D eigenvalue weighted by Gasteiger charge is -2.13. The predicted molar refractivity (Wildman–Crippen MR) is 65.5 cm³/mol. The summed E-state index contributed by atoms with van der Waals surface area (Å²) in [7, 11) is 1.45. The number of esters is 1. The highest BCUT2D eigenvalue weighted by atomic mass is 16.5. The molecule has 0 amide bonds. The monoisotopic (exact) mass is 220 g/mol. The summed E-state index contributed by atoms with van der Waals surface area (Å²) in [6, 6.07) is 8.25. The van der Waals surface area contributed by atoms with Crippen LogP contribution in [0.2, 0.25) is 0 Å². The zero-order valence-electron chi connectivity index (χ0n) is 10.3. The van der Waals surface area contributed by atoms with Gasteiger partial charge < -0.3 is 4.74 Å². The molecule has 0 radical (unpaired) electrons. The molecular weight excluding hydrogens is 200 g/mol. The molecule has 0 aromatic heterocycles. The molecule has 1 aromatic carbocycles. The Morgan fingerprint density at radius 1 is 1.38 bits per heavy atom. The molecule has 2 heteroatoms. The summed E-state index contributed by atoms with van der Waals surface area (Å²) in [5.41, 5.74) is 2.36. The van der Waals surface area contributed by atoms with Crippen LogP contribution < -0.4 is 0 Å². The van der Waals surface area contributed by atoms with Gasteiger partial charge in [0.25, 0.3) is 0 Å². The van der Waals surface area contributed by atoms with Gasteiger partial charge in [-0.15, -0.1) is 0 Å². The van der Waals surface area contributed by atoms with Crippen LogP contribution in [0.15, 0.2) is 24.3 Å². The number of hydrogen-bond donors (Lipinski definition) is 0. The summed E-state index contributed by atoms with van der Waals surface area (Å²) in [5, 5.41) is 0. The zero-order valence-corrected chi connectivity index (χ0v) is 10.3. The first-order chi connectivity index (χ1) is 7.72. The van der Waals surface area contributed by atoms with E-state index in [2.05, 4.69) is 19.1 Å². The smallest absolute Gasteiger partial charge is 0.313 e. The van der Waals surface area contributed by atoms with E-state index in [1.54, 1.807) is 0 Å². The van der Waals surface area contributed by atoms with Crippen molar-refractivity contribution in [2.75, 3.05) is 7.11 Å². The quantitative estimate of drug-likeness (QED) is 0.712. The van der Waals surface area contributed by atoms with Crippen molar-refractivity contribution in [3.05, 3.63) is 35.4 Å². The lowest BCUT2D eigenvalue weighted by atomic mass is 9.94. The summed E-state index contributed by atoms with van der Waals surface area (Å²) < 4.78 is 4.82. The van der Waals surface area contributed by atoms with E-state index >= 15 is 0 Å². The Labute approximate surface area is 97.6 Å². The topological polar surface area (TPSA) is 26.3 Å². The number of aryl methyl sites for hydroxylation is 1. The van der Waals surface area contributed by atoms with Crippen molar-refractivity contribution in [2.45, 2.75) is 39.0 Å². The average Bonchev–Trinajstić information content (AvgIpc) is 2.31. The maximum Gasteiger partial charge on any atom is 0.313 e. The Kier molecular flexibility index (Phi) is 5.03. The summed E-state index contributed by atoms with van der Waals surface area (Å²) in [6.45, 7) is 4.17. The molecule has 0 heterocycles. The van der Waals surface area contributed by atoms with Crippen LogP contribution in [0, 0.1) is 0 Å². The number of ether oxygens (including phenoxy) is 1. The molecule has 88 valence electrons. The maximum absolute atomic E-state index is 11.6. The number of rotatable bonds is 5. The third-order valence-electron chi connectivity index (χ3n) is 2.79. The molecule has 0 aliphatic rings. The molecule has 0 saturated carbocycles. The van der Waals surface area contributed by atoms with Gasteiger partial charge in [0.15, 0.2) is 0 Å². The molecule has 16 heavy (non-hydrogen) atoms. The van der Waals surface area contributed by atoms with Gasteiger partial charge in [0.05, 0.1) is 13.0 Å². The second-order valence-electron chi connectivity index (χ2n) is 3.98. The van der Waals surface area contributed by atoms with Gasteiger partial charge in [-0.1, -0.05) is 44.5 Å². The third kappa shape index (κ3) is 3.09. The molecule has 0 saturated heterocycles. The van der Waals surface area contributed by atoms with Crippen LogP contribution in [-0.4, -0.2) is 13.1 Å². The molecule has 0 fully saturated rings. The molecule has 0 spiro atoms. The largest absolute Gasteiger partial charge is 0.469 e. The average molecular weight is 220 g/mol. The SMILES string of the molecule is CCCc1cccc(C(CC)C(=O)OC)c1. The van der Waals surface area contributed by atoms with Gasteiger partial charge in [-0.2, -0.15) is 0 Å². The van der Waals surface area contributed by atoms with E-state index in [0.717, 1.165) is 24.8 Å². The number of carbonyl (C=O) groups is 1. The van der Waals surface area contributed by atoms with Crippen molar-refractivity contribution in [1.29, 1.82) is 0 Å². The van der Waals surface area contributed by atoms with Crippen molar-refractivity contribution < 1.29 is 9.53 Å². The predicted octanol–water partition coefficient (Wildman–Crippen LogP) is 3.31. The van der Waals surface area contributed by atoms with Crippen LogP contribution in [-0.2, 0) is 16.0 Å². The molecule has 1 atom stereocenters. The molecular formula is C14H20O2. The number of benzene rings is 1. The lowest BCUT2D eigenvalue weighted by molar-refractivity contribution is -0.142. The van der Waals surface area contributed by atoms with Crippen LogP contribution >= 0.6 is 0 Å². The highest BCUT2D eigenvalue weighted by molar-refractivity contribution is 5.78. The van der Waals surface area contributed by atoms with Gasteiger partial charge in [0.2, 0.25) is 0 Å². The van der Waals surface area contributed by atoms with Crippen LogP contribution in [0.4, 0.5) is 0 Å². The molecule has 0 aliphatic heterocycles. The van der Waals surface area contributed by atoms with Crippen LogP contribution in [0.5, 0.6) is 0 Å². The highest BCUT2D eigenvalue weighted by Crippen LogP contribution is 2.22. The molecule has 1 rings (SSSR count). The molecule has 2 nitrogen and oxygen atoms in total. The summed E-state index contributed by atoms with van der Waals surface area (Å²) in [4.78, 5) is 11.6. The Bertz CT molecular complexity index is 344.